The zero-order chi connectivity index (χ0) is 14.4. The van der Waals surface area contributed by atoms with Crippen LogP contribution < -0.4 is 5.32 Å². The molecule has 2 aromatic heterocycles. The van der Waals surface area contributed by atoms with Crippen LogP contribution in [0.5, 0.6) is 0 Å². The lowest BCUT2D eigenvalue weighted by molar-refractivity contribution is -0.121. The van der Waals surface area contributed by atoms with Crippen molar-refractivity contribution in [1.29, 1.82) is 0 Å². The molecule has 0 saturated carbocycles. The van der Waals surface area contributed by atoms with Gasteiger partial charge in [0, 0.05) is 44.0 Å². The Morgan fingerprint density at radius 2 is 2.30 bits per heavy atom. The average Bonchev–Trinajstić information content (AvgIpc) is 3.00. The van der Waals surface area contributed by atoms with Gasteiger partial charge in [0.25, 0.3) is 0 Å². The molecule has 0 aliphatic carbocycles. The van der Waals surface area contributed by atoms with Gasteiger partial charge >= 0.3 is 0 Å². The Balaban J connectivity index is 1.61. The van der Waals surface area contributed by atoms with Crippen LogP contribution in [0, 0.1) is 13.8 Å². The predicted molar refractivity (Wildman–Crippen MR) is 76.2 cm³/mol. The van der Waals surface area contributed by atoms with Crippen LogP contribution in [0.2, 0.25) is 0 Å². The van der Waals surface area contributed by atoms with Crippen molar-refractivity contribution in [2.24, 2.45) is 0 Å². The second-order valence-corrected chi connectivity index (χ2v) is 4.89. The van der Waals surface area contributed by atoms with Gasteiger partial charge in [-0.3, -0.25) is 9.48 Å². The molecule has 6 heteroatoms. The number of carbonyl (C=O) groups is 1. The van der Waals surface area contributed by atoms with E-state index in [1.54, 1.807) is 12.4 Å². The quantitative estimate of drug-likeness (QED) is 0.801. The number of nitrogens with one attached hydrogen (secondary N) is 2. The third kappa shape index (κ3) is 4.22. The highest BCUT2D eigenvalue weighted by molar-refractivity contribution is 5.75. The summed E-state index contributed by atoms with van der Waals surface area (Å²) in [6.45, 7) is 5.41. The molecule has 0 aromatic carbocycles. The summed E-state index contributed by atoms with van der Waals surface area (Å²) < 4.78 is 1.95. The number of carbonyl (C=O) groups excluding carboxylic acids is 1. The Morgan fingerprint density at radius 3 is 2.95 bits per heavy atom. The zero-order valence-corrected chi connectivity index (χ0v) is 12.0. The van der Waals surface area contributed by atoms with Crippen LogP contribution in [0.3, 0.4) is 0 Å². The van der Waals surface area contributed by atoms with Gasteiger partial charge in [-0.2, -0.15) is 5.10 Å². The molecule has 108 valence electrons. The van der Waals surface area contributed by atoms with E-state index < -0.39 is 0 Å². The van der Waals surface area contributed by atoms with E-state index in [0.29, 0.717) is 13.0 Å². The molecule has 2 N–H and O–H groups in total. The standard InChI is InChI=1S/C14H21N5O/c1-11-10-12(2)19(18-11)9-3-4-14(20)17-6-5-13-15-7-8-16-13/h7-8,10H,3-6,9H2,1-2H3,(H,15,16)(H,17,20). The third-order valence-corrected chi connectivity index (χ3v) is 3.12. The number of nitrogens with zero attached hydrogens (tertiary/aromatic N) is 3. The molecule has 6 nitrogen and oxygen atoms in total. The number of rotatable bonds is 7. The Kier molecular flexibility index (Phi) is 4.92. The fourth-order valence-electron chi connectivity index (χ4n) is 2.13. The Labute approximate surface area is 118 Å². The van der Waals surface area contributed by atoms with Crippen molar-refractivity contribution >= 4 is 5.91 Å². The highest BCUT2D eigenvalue weighted by atomic mass is 16.1. The molecule has 0 aliphatic rings. The topological polar surface area (TPSA) is 75.6 Å². The minimum atomic E-state index is 0.0816. The highest BCUT2D eigenvalue weighted by Gasteiger charge is 2.04. The molecule has 2 heterocycles. The summed E-state index contributed by atoms with van der Waals surface area (Å²) in [5.41, 5.74) is 2.16. The summed E-state index contributed by atoms with van der Waals surface area (Å²) in [5.74, 6) is 0.978. The summed E-state index contributed by atoms with van der Waals surface area (Å²) in [7, 11) is 0. The molecule has 20 heavy (non-hydrogen) atoms. The van der Waals surface area contributed by atoms with E-state index in [0.717, 1.165) is 36.6 Å². The van der Waals surface area contributed by atoms with Gasteiger partial charge in [0.15, 0.2) is 0 Å². The number of aryl methyl sites for hydroxylation is 3. The van der Waals surface area contributed by atoms with Crippen LogP contribution in [0.15, 0.2) is 18.5 Å². The van der Waals surface area contributed by atoms with E-state index in [-0.39, 0.29) is 5.91 Å². The molecule has 1 amide bonds. The lowest BCUT2D eigenvalue weighted by Gasteiger charge is -2.05. The minimum Gasteiger partial charge on any atom is -0.356 e. The maximum absolute atomic E-state index is 11.7. The summed E-state index contributed by atoms with van der Waals surface area (Å²) in [6.07, 6.45) is 5.55. The van der Waals surface area contributed by atoms with Crippen LogP contribution in [-0.4, -0.2) is 32.2 Å². The van der Waals surface area contributed by atoms with Crippen LogP contribution in [-0.2, 0) is 17.8 Å². The van der Waals surface area contributed by atoms with Crippen LogP contribution in [0.4, 0.5) is 0 Å². The lowest BCUT2D eigenvalue weighted by Crippen LogP contribution is -2.26. The summed E-state index contributed by atoms with van der Waals surface area (Å²) in [5, 5.41) is 7.27. The first kappa shape index (κ1) is 14.3. The Bertz CT molecular complexity index is 544. The molecule has 0 radical (unpaired) electrons. The predicted octanol–water partition coefficient (Wildman–Crippen LogP) is 1.36. The first-order valence-corrected chi connectivity index (χ1v) is 6.91. The van der Waals surface area contributed by atoms with Crippen molar-refractivity contribution in [3.8, 4) is 0 Å². The molecule has 0 atom stereocenters. The maximum Gasteiger partial charge on any atom is 0.220 e. The summed E-state index contributed by atoms with van der Waals surface area (Å²) in [4.78, 5) is 18.8. The molecular weight excluding hydrogens is 254 g/mol. The number of amides is 1. The monoisotopic (exact) mass is 275 g/mol. The molecule has 0 fully saturated rings. The van der Waals surface area contributed by atoms with Crippen LogP contribution in [0.25, 0.3) is 0 Å². The van der Waals surface area contributed by atoms with Crippen LogP contribution in [0.1, 0.15) is 30.1 Å². The van der Waals surface area contributed by atoms with Crippen molar-refractivity contribution < 1.29 is 4.79 Å². The van der Waals surface area contributed by atoms with Gasteiger partial charge in [0.2, 0.25) is 5.91 Å². The number of aromatic nitrogens is 4. The molecule has 0 bridgehead atoms. The van der Waals surface area contributed by atoms with Crippen molar-refractivity contribution in [2.45, 2.75) is 39.7 Å². The second-order valence-electron chi connectivity index (χ2n) is 4.89. The van der Waals surface area contributed by atoms with Gasteiger partial charge in [-0.25, -0.2) is 4.98 Å². The van der Waals surface area contributed by atoms with Gasteiger partial charge in [0.05, 0.1) is 5.69 Å². The Morgan fingerprint density at radius 1 is 1.45 bits per heavy atom. The summed E-state index contributed by atoms with van der Waals surface area (Å²) in [6, 6.07) is 2.05. The van der Waals surface area contributed by atoms with E-state index in [9.17, 15) is 4.79 Å². The number of H-pyrrole nitrogens is 1. The first-order chi connectivity index (χ1) is 9.65. The molecule has 0 spiro atoms. The molecule has 0 aliphatic heterocycles. The van der Waals surface area contributed by atoms with Crippen molar-refractivity contribution in [3.63, 3.8) is 0 Å². The smallest absolute Gasteiger partial charge is 0.220 e. The van der Waals surface area contributed by atoms with Gasteiger partial charge in [-0.1, -0.05) is 0 Å². The Hall–Kier alpha value is -2.11. The molecule has 0 unspecified atom stereocenters. The van der Waals surface area contributed by atoms with E-state index in [1.807, 2.05) is 24.6 Å². The number of hydrogen-bond acceptors (Lipinski definition) is 3. The van der Waals surface area contributed by atoms with E-state index in [4.69, 9.17) is 0 Å². The number of aromatic amines is 1. The fourth-order valence-corrected chi connectivity index (χ4v) is 2.13. The molecule has 0 saturated heterocycles. The number of hydrogen-bond donors (Lipinski definition) is 2. The van der Waals surface area contributed by atoms with Gasteiger partial charge in [-0.05, 0) is 26.3 Å². The van der Waals surface area contributed by atoms with E-state index in [2.05, 4.69) is 20.4 Å². The fraction of sp³-hybridized carbons (Fsp3) is 0.500. The van der Waals surface area contributed by atoms with Gasteiger partial charge < -0.3 is 10.3 Å². The first-order valence-electron chi connectivity index (χ1n) is 6.91. The van der Waals surface area contributed by atoms with Crippen molar-refractivity contribution in [3.05, 3.63) is 35.7 Å². The van der Waals surface area contributed by atoms with Crippen molar-refractivity contribution in [1.82, 2.24) is 25.1 Å². The highest BCUT2D eigenvalue weighted by Crippen LogP contribution is 2.03. The normalized spacial score (nSPS) is 10.7. The largest absolute Gasteiger partial charge is 0.356 e. The minimum absolute atomic E-state index is 0.0816. The molecule has 2 aromatic rings. The van der Waals surface area contributed by atoms with E-state index in [1.165, 1.54) is 0 Å². The average molecular weight is 275 g/mol. The number of imidazole rings is 1. The SMILES string of the molecule is Cc1cc(C)n(CCCC(=O)NCCc2ncc[nH]2)n1. The zero-order valence-electron chi connectivity index (χ0n) is 12.0. The van der Waals surface area contributed by atoms with Gasteiger partial charge in [-0.15, -0.1) is 0 Å². The van der Waals surface area contributed by atoms with Crippen LogP contribution >= 0.6 is 0 Å². The summed E-state index contributed by atoms with van der Waals surface area (Å²) >= 11 is 0. The molecular formula is C14H21N5O. The van der Waals surface area contributed by atoms with Crippen molar-refractivity contribution in [2.75, 3.05) is 6.54 Å². The van der Waals surface area contributed by atoms with Gasteiger partial charge in [0.1, 0.15) is 5.82 Å². The van der Waals surface area contributed by atoms with E-state index >= 15 is 0 Å². The second kappa shape index (κ2) is 6.88. The third-order valence-electron chi connectivity index (χ3n) is 3.12. The maximum atomic E-state index is 11.7. The lowest BCUT2D eigenvalue weighted by atomic mass is 10.3. The molecule has 2 rings (SSSR count).